The van der Waals surface area contributed by atoms with Crippen molar-refractivity contribution in [2.24, 2.45) is 0 Å². The van der Waals surface area contributed by atoms with Crippen LogP contribution in [0.5, 0.6) is 5.75 Å². The lowest BCUT2D eigenvalue weighted by atomic mass is 10.2. The van der Waals surface area contributed by atoms with E-state index in [1.54, 1.807) is 6.08 Å². The van der Waals surface area contributed by atoms with Crippen LogP contribution in [0.15, 0.2) is 30.3 Å². The summed E-state index contributed by atoms with van der Waals surface area (Å²) < 4.78 is 5.34. The smallest absolute Gasteiger partial charge is 0.326 e. The Balaban J connectivity index is 1.99. The molecule has 1 aliphatic heterocycles. The number of hydrogen-bond donors (Lipinski definition) is 1. The molecule has 0 bridgehead atoms. The maximum atomic E-state index is 12.1. The minimum absolute atomic E-state index is 0.256. The fourth-order valence-corrected chi connectivity index (χ4v) is 2.39. The second kappa shape index (κ2) is 6.92. The standard InChI is InChI=1S/C16H19NO4/c1-2-21-13-8-5-12(6-9-13)7-10-15(18)17-11-3-4-14(17)16(19)20/h5-10,14H,2-4,11H2,1H3,(H,19,20)/t14-/m1/s1. The van der Waals surface area contributed by atoms with Crippen LogP contribution in [-0.2, 0) is 9.59 Å². The molecule has 1 aromatic rings. The molecule has 1 aliphatic rings. The summed E-state index contributed by atoms with van der Waals surface area (Å²) in [6, 6.07) is 6.69. The third-order valence-electron chi connectivity index (χ3n) is 3.43. The van der Waals surface area contributed by atoms with Crippen LogP contribution in [0, 0.1) is 0 Å². The average molecular weight is 289 g/mol. The molecule has 0 spiro atoms. The maximum Gasteiger partial charge on any atom is 0.326 e. The summed E-state index contributed by atoms with van der Waals surface area (Å²) in [6.07, 6.45) is 4.38. The summed E-state index contributed by atoms with van der Waals surface area (Å²) in [5.74, 6) is -0.407. The van der Waals surface area contributed by atoms with E-state index in [1.165, 1.54) is 11.0 Å². The maximum absolute atomic E-state index is 12.1. The predicted molar refractivity (Wildman–Crippen MR) is 79.0 cm³/mol. The topological polar surface area (TPSA) is 66.8 Å². The fraction of sp³-hybridized carbons (Fsp3) is 0.375. The second-order valence-electron chi connectivity index (χ2n) is 4.86. The molecule has 1 heterocycles. The molecule has 5 nitrogen and oxygen atoms in total. The highest BCUT2D eigenvalue weighted by Crippen LogP contribution is 2.18. The molecule has 1 aromatic carbocycles. The Kier molecular flexibility index (Phi) is 4.98. The number of hydrogen-bond acceptors (Lipinski definition) is 3. The summed E-state index contributed by atoms with van der Waals surface area (Å²) in [6.45, 7) is 3.03. The number of likely N-dealkylation sites (tertiary alicyclic amines) is 1. The summed E-state index contributed by atoms with van der Waals surface area (Å²) in [7, 11) is 0. The Labute approximate surface area is 123 Å². The Morgan fingerprint density at radius 2 is 2.10 bits per heavy atom. The molecule has 0 aliphatic carbocycles. The molecule has 21 heavy (non-hydrogen) atoms. The zero-order chi connectivity index (χ0) is 15.2. The van der Waals surface area contributed by atoms with Crippen LogP contribution in [0.4, 0.5) is 0 Å². The van der Waals surface area contributed by atoms with Gasteiger partial charge in [0.1, 0.15) is 11.8 Å². The van der Waals surface area contributed by atoms with Gasteiger partial charge in [-0.25, -0.2) is 4.79 Å². The highest BCUT2D eigenvalue weighted by Gasteiger charge is 2.32. The van der Waals surface area contributed by atoms with E-state index in [4.69, 9.17) is 9.84 Å². The van der Waals surface area contributed by atoms with Crippen molar-refractivity contribution in [3.63, 3.8) is 0 Å². The normalized spacial score (nSPS) is 18.1. The van der Waals surface area contributed by atoms with Crippen molar-refractivity contribution in [1.82, 2.24) is 4.90 Å². The molecule has 1 amide bonds. The molecule has 0 saturated carbocycles. The van der Waals surface area contributed by atoms with Gasteiger partial charge in [-0.1, -0.05) is 12.1 Å². The van der Waals surface area contributed by atoms with E-state index in [0.717, 1.165) is 17.7 Å². The van der Waals surface area contributed by atoms with Crippen molar-refractivity contribution in [2.75, 3.05) is 13.2 Å². The minimum atomic E-state index is -0.935. The van der Waals surface area contributed by atoms with Gasteiger partial charge in [-0.15, -0.1) is 0 Å². The van der Waals surface area contributed by atoms with Crippen LogP contribution >= 0.6 is 0 Å². The van der Waals surface area contributed by atoms with Crippen molar-refractivity contribution in [3.8, 4) is 5.75 Å². The molecule has 5 heteroatoms. The molecule has 0 aromatic heterocycles. The van der Waals surface area contributed by atoms with Gasteiger partial charge in [0.05, 0.1) is 6.61 Å². The predicted octanol–water partition coefficient (Wildman–Crippen LogP) is 2.17. The van der Waals surface area contributed by atoms with Crippen LogP contribution in [0.3, 0.4) is 0 Å². The lowest BCUT2D eigenvalue weighted by Crippen LogP contribution is -2.39. The van der Waals surface area contributed by atoms with Gasteiger partial charge in [0.25, 0.3) is 0 Å². The van der Waals surface area contributed by atoms with Crippen LogP contribution in [-0.4, -0.2) is 41.1 Å². The number of carbonyl (C=O) groups is 2. The van der Waals surface area contributed by atoms with Crippen molar-refractivity contribution in [3.05, 3.63) is 35.9 Å². The number of rotatable bonds is 5. The average Bonchev–Trinajstić information content (AvgIpc) is 2.96. The fourth-order valence-electron chi connectivity index (χ4n) is 2.39. The number of nitrogens with zero attached hydrogens (tertiary/aromatic N) is 1. The van der Waals surface area contributed by atoms with E-state index in [1.807, 2.05) is 31.2 Å². The van der Waals surface area contributed by atoms with Gasteiger partial charge >= 0.3 is 5.97 Å². The van der Waals surface area contributed by atoms with Crippen LogP contribution in [0.25, 0.3) is 6.08 Å². The highest BCUT2D eigenvalue weighted by molar-refractivity contribution is 5.94. The molecule has 112 valence electrons. The van der Waals surface area contributed by atoms with Crippen LogP contribution < -0.4 is 4.74 Å². The van der Waals surface area contributed by atoms with E-state index in [-0.39, 0.29) is 5.91 Å². The van der Waals surface area contributed by atoms with Gasteiger partial charge in [0.15, 0.2) is 0 Å². The van der Waals surface area contributed by atoms with Gasteiger partial charge in [-0.2, -0.15) is 0 Å². The Bertz CT molecular complexity index is 536. The summed E-state index contributed by atoms with van der Waals surface area (Å²) >= 11 is 0. The number of benzene rings is 1. The molecule has 1 fully saturated rings. The molecular formula is C16H19NO4. The first kappa shape index (κ1) is 15.1. The van der Waals surface area contributed by atoms with Crippen molar-refractivity contribution >= 4 is 18.0 Å². The number of ether oxygens (including phenoxy) is 1. The second-order valence-corrected chi connectivity index (χ2v) is 4.86. The Morgan fingerprint density at radius 3 is 2.71 bits per heavy atom. The molecular weight excluding hydrogens is 270 g/mol. The summed E-state index contributed by atoms with van der Waals surface area (Å²) in [4.78, 5) is 24.5. The third-order valence-corrected chi connectivity index (χ3v) is 3.43. The molecule has 0 radical (unpaired) electrons. The van der Waals surface area contributed by atoms with Crippen molar-refractivity contribution in [1.29, 1.82) is 0 Å². The summed E-state index contributed by atoms with van der Waals surface area (Å²) in [5.41, 5.74) is 0.873. The Morgan fingerprint density at radius 1 is 1.38 bits per heavy atom. The number of carboxylic acid groups (broad SMARTS) is 1. The largest absolute Gasteiger partial charge is 0.494 e. The highest BCUT2D eigenvalue weighted by atomic mass is 16.5. The lowest BCUT2D eigenvalue weighted by molar-refractivity contribution is -0.146. The van der Waals surface area contributed by atoms with Gasteiger partial charge in [-0.3, -0.25) is 4.79 Å². The first-order valence-corrected chi connectivity index (χ1v) is 7.06. The quantitative estimate of drug-likeness (QED) is 0.844. The van der Waals surface area contributed by atoms with Crippen LogP contribution in [0.1, 0.15) is 25.3 Å². The van der Waals surface area contributed by atoms with Crippen molar-refractivity contribution in [2.45, 2.75) is 25.8 Å². The van der Waals surface area contributed by atoms with Gasteiger partial charge in [0, 0.05) is 12.6 Å². The zero-order valence-electron chi connectivity index (χ0n) is 12.0. The van der Waals surface area contributed by atoms with E-state index in [2.05, 4.69) is 0 Å². The monoisotopic (exact) mass is 289 g/mol. The van der Waals surface area contributed by atoms with Crippen LogP contribution in [0.2, 0.25) is 0 Å². The number of carboxylic acids is 1. The minimum Gasteiger partial charge on any atom is -0.494 e. The molecule has 1 saturated heterocycles. The molecule has 2 rings (SSSR count). The number of amides is 1. The first-order valence-electron chi connectivity index (χ1n) is 7.06. The lowest BCUT2D eigenvalue weighted by Gasteiger charge is -2.19. The van der Waals surface area contributed by atoms with Crippen molar-refractivity contribution < 1.29 is 19.4 Å². The first-order chi connectivity index (χ1) is 10.1. The summed E-state index contributed by atoms with van der Waals surface area (Å²) in [5, 5.41) is 9.07. The van der Waals surface area contributed by atoms with Gasteiger partial charge < -0.3 is 14.7 Å². The SMILES string of the molecule is CCOc1ccc(C=CC(=O)N2CCC[C@@H]2C(=O)O)cc1. The third kappa shape index (κ3) is 3.84. The molecule has 1 N–H and O–H groups in total. The van der Waals surface area contributed by atoms with E-state index >= 15 is 0 Å². The number of carbonyl (C=O) groups excluding carboxylic acids is 1. The zero-order valence-corrected chi connectivity index (χ0v) is 12.0. The molecule has 0 unspecified atom stereocenters. The number of aliphatic carboxylic acids is 1. The van der Waals surface area contributed by atoms with Gasteiger partial charge in [0.2, 0.25) is 5.91 Å². The Hall–Kier alpha value is -2.30. The van der Waals surface area contributed by atoms with E-state index in [0.29, 0.717) is 19.6 Å². The van der Waals surface area contributed by atoms with E-state index in [9.17, 15) is 9.59 Å². The van der Waals surface area contributed by atoms with Gasteiger partial charge in [-0.05, 0) is 43.5 Å². The van der Waals surface area contributed by atoms with E-state index < -0.39 is 12.0 Å². The molecule has 1 atom stereocenters.